The molecule has 7 heteroatoms. The molecule has 0 aromatic heterocycles. The van der Waals surface area contributed by atoms with E-state index >= 15 is 0 Å². The van der Waals surface area contributed by atoms with Crippen molar-refractivity contribution >= 4 is 54.3 Å². The van der Waals surface area contributed by atoms with Gasteiger partial charge in [-0.05, 0) is 0 Å². The summed E-state index contributed by atoms with van der Waals surface area (Å²) in [5.41, 5.74) is -1.31. The van der Waals surface area contributed by atoms with Crippen molar-refractivity contribution in [1.29, 1.82) is 0 Å². The van der Waals surface area contributed by atoms with E-state index in [1.807, 2.05) is 96.1 Å². The van der Waals surface area contributed by atoms with Gasteiger partial charge in [0.2, 0.25) is 0 Å². The van der Waals surface area contributed by atoms with Gasteiger partial charge in [0.15, 0.2) is 0 Å². The minimum atomic E-state index is -3.27. The molecule has 3 aromatic rings. The monoisotopic (exact) mass is 647 g/mol. The predicted octanol–water partition coefficient (Wildman–Crippen LogP) is 6.49. The Bertz CT molecular complexity index is 1090. The number of carbonyl (C=O) groups is 2. The van der Waals surface area contributed by atoms with Gasteiger partial charge in [-0.25, -0.2) is 0 Å². The Morgan fingerprint density at radius 2 is 1.08 bits per heavy atom. The van der Waals surface area contributed by atoms with E-state index in [2.05, 4.69) is 63.8 Å². The van der Waals surface area contributed by atoms with Crippen LogP contribution in [0.25, 0.3) is 0 Å². The Morgan fingerprint density at radius 1 is 0.711 bits per heavy atom. The molecule has 3 rings (SSSR count). The van der Waals surface area contributed by atoms with E-state index in [4.69, 9.17) is 9.47 Å². The molecule has 1 N–H and O–H groups in total. The minimum absolute atomic E-state index is 0.0178. The Balaban J connectivity index is 2.22. The summed E-state index contributed by atoms with van der Waals surface area (Å²) >= 11 is 2.66. The first-order valence-corrected chi connectivity index (χ1v) is 18.0. The first-order chi connectivity index (χ1) is 17.7. The van der Waals surface area contributed by atoms with E-state index in [0.29, 0.717) is 6.16 Å². The third kappa shape index (κ3) is 7.35. The molecule has 0 aliphatic heterocycles. The summed E-state index contributed by atoms with van der Waals surface area (Å²) in [7, 11) is 0. The van der Waals surface area contributed by atoms with Gasteiger partial charge in [0, 0.05) is 0 Å². The van der Waals surface area contributed by atoms with Crippen molar-refractivity contribution in [1.82, 2.24) is 5.32 Å². The maximum atomic E-state index is 13.1. The van der Waals surface area contributed by atoms with Crippen LogP contribution in [-0.2, 0) is 14.3 Å². The van der Waals surface area contributed by atoms with Gasteiger partial charge in [0.25, 0.3) is 0 Å². The fraction of sp³-hybridized carbons (Fsp3) is 0.355. The van der Waals surface area contributed by atoms with Crippen LogP contribution in [0.4, 0.5) is 4.79 Å². The summed E-state index contributed by atoms with van der Waals surface area (Å²) in [5.74, 6) is -0.366. The van der Waals surface area contributed by atoms with Gasteiger partial charge < -0.3 is 0 Å². The number of benzene rings is 3. The van der Waals surface area contributed by atoms with Crippen LogP contribution in [0.5, 0.6) is 0 Å². The van der Waals surface area contributed by atoms with Crippen molar-refractivity contribution in [2.24, 2.45) is 0 Å². The molecule has 1 amide bonds. The van der Waals surface area contributed by atoms with Crippen molar-refractivity contribution < 1.29 is 19.1 Å². The van der Waals surface area contributed by atoms with Crippen molar-refractivity contribution in [3.63, 3.8) is 0 Å². The molecule has 0 radical (unpaired) electrons. The Hall–Kier alpha value is -2.44. The molecular weight excluding hydrogens is 608 g/mol. The summed E-state index contributed by atoms with van der Waals surface area (Å²) in [6, 6.07) is 30.7. The number of hydrogen-bond acceptors (Lipinski definition) is 4. The zero-order chi connectivity index (χ0) is 28.1. The zero-order valence-corrected chi connectivity index (χ0v) is 26.2. The third-order valence-corrected chi connectivity index (χ3v) is 17.4. The van der Waals surface area contributed by atoms with Crippen molar-refractivity contribution in [2.45, 2.75) is 65.2 Å². The van der Waals surface area contributed by atoms with Gasteiger partial charge in [-0.3, -0.25) is 0 Å². The Morgan fingerprint density at radius 3 is 1.42 bits per heavy atom. The SMILES string of the molecule is CC(C)(C)OC(=O)C[C@@H](CP(I)(c1ccccc1)(c1ccccc1)c1ccccc1)NC(=O)OC(C)(C)C. The van der Waals surface area contributed by atoms with Crippen molar-refractivity contribution in [3.05, 3.63) is 91.0 Å². The van der Waals surface area contributed by atoms with Crippen LogP contribution in [0, 0.1) is 0 Å². The van der Waals surface area contributed by atoms with Crippen molar-refractivity contribution in [3.8, 4) is 0 Å². The third-order valence-electron chi connectivity index (χ3n) is 6.00. The number of amides is 1. The summed E-state index contributed by atoms with van der Waals surface area (Å²) < 4.78 is 8.05. The molecule has 0 spiro atoms. The van der Waals surface area contributed by atoms with Crippen LogP contribution < -0.4 is 21.2 Å². The first kappa shape index (κ1) is 30.1. The average molecular weight is 648 g/mol. The van der Waals surface area contributed by atoms with E-state index in [1.54, 1.807) is 0 Å². The zero-order valence-electron chi connectivity index (χ0n) is 23.1. The number of carbonyl (C=O) groups excluding carboxylic acids is 2. The summed E-state index contributed by atoms with van der Waals surface area (Å²) in [6.07, 6.45) is -0.0335. The van der Waals surface area contributed by atoms with Gasteiger partial charge in [-0.15, -0.1) is 0 Å². The Kier molecular flexibility index (Phi) is 9.31. The van der Waals surface area contributed by atoms with Gasteiger partial charge in [-0.2, -0.15) is 0 Å². The van der Waals surface area contributed by atoms with E-state index in [-0.39, 0.29) is 12.4 Å². The number of halogens is 1. The van der Waals surface area contributed by atoms with Crippen molar-refractivity contribution in [2.75, 3.05) is 6.16 Å². The van der Waals surface area contributed by atoms with Crippen LogP contribution >= 0.6 is 26.3 Å². The molecule has 0 heterocycles. The van der Waals surface area contributed by atoms with Crippen LogP contribution in [0.1, 0.15) is 48.0 Å². The molecular formula is C31H39INO4P. The summed E-state index contributed by atoms with van der Waals surface area (Å²) in [5, 5.41) is 6.54. The Labute approximate surface area is 240 Å². The fourth-order valence-electron chi connectivity index (χ4n) is 4.61. The molecule has 0 aliphatic rings. The molecule has 5 nitrogen and oxygen atoms in total. The molecule has 204 valence electrons. The second kappa shape index (κ2) is 11.7. The number of esters is 1. The van der Waals surface area contributed by atoms with Crippen LogP contribution in [0.2, 0.25) is 0 Å². The number of hydrogen-bond donors (Lipinski definition) is 1. The maximum absolute atomic E-state index is 13.1. The number of rotatable bonds is 8. The number of nitrogens with one attached hydrogen (secondary N) is 1. The molecule has 0 bridgehead atoms. The van der Waals surface area contributed by atoms with Gasteiger partial charge in [0.05, 0.1) is 0 Å². The average Bonchev–Trinajstić information content (AvgIpc) is 2.83. The standard InChI is InChI=1S/C31H39INO4P/c1-30(2,3)36-28(34)22-24(33-29(35)37-31(4,5)6)23-38(32,25-16-10-7-11-17-25,26-18-12-8-13-19-26)27-20-14-9-15-21-27/h7-21,24H,22-23H2,1-6H3,(H,33,35)/t24-/m0/s1. The molecule has 3 aromatic carbocycles. The fourth-order valence-corrected chi connectivity index (χ4v) is 13.9. The van der Waals surface area contributed by atoms with Gasteiger partial charge >= 0.3 is 241 Å². The molecule has 0 unspecified atom stereocenters. The van der Waals surface area contributed by atoms with Crippen LogP contribution in [0.15, 0.2) is 91.0 Å². The molecule has 38 heavy (non-hydrogen) atoms. The molecule has 0 saturated carbocycles. The number of alkyl carbamates (subject to hydrolysis) is 1. The second-order valence-corrected chi connectivity index (χ2v) is 22.2. The first-order valence-electron chi connectivity index (χ1n) is 12.8. The van der Waals surface area contributed by atoms with E-state index in [1.165, 1.54) is 0 Å². The van der Waals surface area contributed by atoms with Gasteiger partial charge in [0.1, 0.15) is 0 Å². The molecule has 0 fully saturated rings. The molecule has 0 saturated heterocycles. The number of ether oxygens (including phenoxy) is 2. The van der Waals surface area contributed by atoms with E-state index in [0.717, 1.165) is 15.9 Å². The quantitative estimate of drug-likeness (QED) is 0.173. The van der Waals surface area contributed by atoms with E-state index < -0.39 is 27.6 Å². The normalized spacial score (nSPS) is 14.0. The van der Waals surface area contributed by atoms with Gasteiger partial charge in [-0.1, -0.05) is 0 Å². The summed E-state index contributed by atoms with van der Waals surface area (Å²) in [6.45, 7) is 11.0. The topological polar surface area (TPSA) is 64.6 Å². The second-order valence-electron chi connectivity index (χ2n) is 11.5. The molecule has 0 aliphatic carbocycles. The van der Waals surface area contributed by atoms with Crippen LogP contribution in [-0.4, -0.2) is 35.5 Å². The predicted molar refractivity (Wildman–Crippen MR) is 168 cm³/mol. The summed E-state index contributed by atoms with van der Waals surface area (Å²) in [4.78, 5) is 26.2. The van der Waals surface area contributed by atoms with Crippen LogP contribution in [0.3, 0.4) is 0 Å². The van der Waals surface area contributed by atoms with E-state index in [9.17, 15) is 9.59 Å². The molecule has 1 atom stereocenters.